The Bertz CT molecular complexity index is 398. The fraction of sp³-hybridized carbons (Fsp3) is 0.500. The predicted molar refractivity (Wildman–Crippen MR) is 68.0 cm³/mol. The number of nitrogens with zero attached hydrogens (tertiary/aromatic N) is 3. The molecule has 1 aromatic heterocycles. The van der Waals surface area contributed by atoms with Crippen molar-refractivity contribution in [3.8, 4) is 0 Å². The molecule has 0 atom stereocenters. The molecule has 1 aromatic rings. The molecule has 0 bridgehead atoms. The fourth-order valence-electron chi connectivity index (χ4n) is 1.17. The van der Waals surface area contributed by atoms with Crippen LogP contribution in [0, 0.1) is 0 Å². The summed E-state index contributed by atoms with van der Waals surface area (Å²) in [5, 5.41) is 5.91. The third-order valence-corrected chi connectivity index (χ3v) is 1.87. The number of guanidine groups is 1. The molecule has 0 saturated heterocycles. The summed E-state index contributed by atoms with van der Waals surface area (Å²) >= 11 is 0. The van der Waals surface area contributed by atoms with Gasteiger partial charge in [-0.2, -0.15) is 18.3 Å². The van der Waals surface area contributed by atoms with Crippen LogP contribution in [0.1, 0.15) is 11.3 Å². The van der Waals surface area contributed by atoms with Gasteiger partial charge >= 0.3 is 6.18 Å². The minimum atomic E-state index is -4.46. The molecule has 0 fully saturated rings. The summed E-state index contributed by atoms with van der Waals surface area (Å²) in [6.45, 7) is -0.0636. The molecule has 0 saturated carbocycles. The van der Waals surface area contributed by atoms with Crippen LogP contribution in [0.3, 0.4) is 0 Å². The number of hydrogen-bond acceptors (Lipinski definition) is 2. The monoisotopic (exact) mass is 363 g/mol. The van der Waals surface area contributed by atoms with Crippen molar-refractivity contribution in [2.24, 2.45) is 17.8 Å². The average Bonchev–Trinajstić information content (AvgIpc) is 2.55. The number of hydrogen-bond donors (Lipinski definition) is 2. The van der Waals surface area contributed by atoms with E-state index in [9.17, 15) is 13.2 Å². The van der Waals surface area contributed by atoms with Crippen LogP contribution in [-0.4, -0.2) is 22.8 Å². The van der Waals surface area contributed by atoms with E-state index in [0.29, 0.717) is 0 Å². The zero-order chi connectivity index (χ0) is 12.3. The zero-order valence-corrected chi connectivity index (χ0v) is 11.6. The molecule has 0 unspecified atom stereocenters. The molecule has 0 aliphatic rings. The Balaban J connectivity index is 0.00000256. The van der Waals surface area contributed by atoms with Crippen LogP contribution >= 0.6 is 24.0 Å². The van der Waals surface area contributed by atoms with Crippen LogP contribution in [0.15, 0.2) is 11.2 Å². The number of alkyl halides is 3. The standard InChI is InChI=1S/C8H12F3N5.HI/c1-13-7(12)14-3-5-4-16(2)15-6(5)8(9,10)11;/h4H,3H2,1-2H3,(H3,12,13,14);1H. The number of halogens is 4. The van der Waals surface area contributed by atoms with Gasteiger partial charge in [-0.25, -0.2) is 0 Å². The number of nitrogens with two attached hydrogens (primary N) is 1. The third kappa shape index (κ3) is 4.40. The molecule has 0 radical (unpaired) electrons. The van der Waals surface area contributed by atoms with Crippen molar-refractivity contribution in [2.45, 2.75) is 12.7 Å². The van der Waals surface area contributed by atoms with Gasteiger partial charge in [0.15, 0.2) is 11.7 Å². The third-order valence-electron chi connectivity index (χ3n) is 1.87. The summed E-state index contributed by atoms with van der Waals surface area (Å²) in [7, 11) is 2.87. The van der Waals surface area contributed by atoms with Crippen molar-refractivity contribution < 1.29 is 13.2 Å². The van der Waals surface area contributed by atoms with Gasteiger partial charge in [0, 0.05) is 32.4 Å². The summed E-state index contributed by atoms with van der Waals surface area (Å²) in [4.78, 5) is 3.58. The molecule has 0 amide bonds. The summed E-state index contributed by atoms with van der Waals surface area (Å²) in [5.74, 6) is 0.0805. The second kappa shape index (κ2) is 6.07. The minimum absolute atomic E-state index is 0. The lowest BCUT2D eigenvalue weighted by molar-refractivity contribution is -0.142. The Labute approximate surface area is 113 Å². The summed E-state index contributed by atoms with van der Waals surface area (Å²) in [6.07, 6.45) is -3.17. The van der Waals surface area contributed by atoms with Gasteiger partial charge < -0.3 is 11.1 Å². The highest BCUT2D eigenvalue weighted by Crippen LogP contribution is 2.30. The van der Waals surface area contributed by atoms with Gasteiger partial charge in [-0.1, -0.05) is 0 Å². The molecule has 1 heterocycles. The Kier molecular flexibility index (Phi) is 5.72. The van der Waals surface area contributed by atoms with Gasteiger partial charge in [0.05, 0.1) is 0 Å². The van der Waals surface area contributed by atoms with Crippen LogP contribution in [0.4, 0.5) is 13.2 Å². The van der Waals surface area contributed by atoms with Gasteiger partial charge in [0.1, 0.15) is 0 Å². The highest BCUT2D eigenvalue weighted by atomic mass is 127. The quantitative estimate of drug-likeness (QED) is 0.470. The van der Waals surface area contributed by atoms with Crippen LogP contribution in [0.25, 0.3) is 0 Å². The molecular weight excluding hydrogens is 350 g/mol. The molecular formula is C8H13F3IN5. The maximum Gasteiger partial charge on any atom is 0.435 e. The number of aromatic nitrogens is 2. The normalized spacial score (nSPS) is 12.2. The van der Waals surface area contributed by atoms with E-state index in [1.165, 1.54) is 20.3 Å². The molecule has 0 aromatic carbocycles. The zero-order valence-electron chi connectivity index (χ0n) is 9.25. The smallest absolute Gasteiger partial charge is 0.370 e. The van der Waals surface area contributed by atoms with Crippen molar-refractivity contribution in [3.05, 3.63) is 17.5 Å². The molecule has 1 rings (SSSR count). The maximum absolute atomic E-state index is 12.5. The van der Waals surface area contributed by atoms with E-state index in [4.69, 9.17) is 5.73 Å². The van der Waals surface area contributed by atoms with Crippen molar-refractivity contribution >= 4 is 29.9 Å². The maximum atomic E-state index is 12.5. The highest BCUT2D eigenvalue weighted by molar-refractivity contribution is 14.0. The largest absolute Gasteiger partial charge is 0.435 e. The van der Waals surface area contributed by atoms with E-state index in [1.807, 2.05) is 0 Å². The lowest BCUT2D eigenvalue weighted by Crippen LogP contribution is -2.31. The predicted octanol–water partition coefficient (Wildman–Crippen LogP) is 1.09. The molecule has 17 heavy (non-hydrogen) atoms. The van der Waals surface area contributed by atoms with E-state index in [1.54, 1.807) is 0 Å². The minimum Gasteiger partial charge on any atom is -0.370 e. The van der Waals surface area contributed by atoms with E-state index in [0.717, 1.165) is 4.68 Å². The first-order valence-electron chi connectivity index (χ1n) is 4.40. The van der Waals surface area contributed by atoms with Crippen molar-refractivity contribution in [1.29, 1.82) is 0 Å². The van der Waals surface area contributed by atoms with E-state index < -0.39 is 11.9 Å². The van der Waals surface area contributed by atoms with Gasteiger partial charge in [-0.05, 0) is 0 Å². The molecule has 98 valence electrons. The molecule has 0 spiro atoms. The van der Waals surface area contributed by atoms with Crippen LogP contribution in [-0.2, 0) is 19.8 Å². The van der Waals surface area contributed by atoms with E-state index in [2.05, 4.69) is 15.4 Å². The first-order chi connectivity index (χ1) is 7.34. The summed E-state index contributed by atoms with van der Waals surface area (Å²) in [6, 6.07) is 0. The Hall–Kier alpha value is -1.00. The van der Waals surface area contributed by atoms with Gasteiger partial charge in [0.25, 0.3) is 0 Å². The fourth-order valence-corrected chi connectivity index (χ4v) is 1.17. The molecule has 3 N–H and O–H groups in total. The first kappa shape index (κ1) is 16.0. The van der Waals surface area contributed by atoms with Gasteiger partial charge in [-0.3, -0.25) is 9.67 Å². The Morgan fingerprint density at radius 2 is 2.18 bits per heavy atom. The van der Waals surface area contributed by atoms with Crippen LogP contribution in [0.5, 0.6) is 0 Å². The van der Waals surface area contributed by atoms with E-state index in [-0.39, 0.29) is 42.0 Å². The van der Waals surface area contributed by atoms with Crippen molar-refractivity contribution in [1.82, 2.24) is 15.1 Å². The molecule has 5 nitrogen and oxygen atoms in total. The molecule has 0 aliphatic heterocycles. The Morgan fingerprint density at radius 1 is 1.59 bits per heavy atom. The number of rotatable bonds is 2. The summed E-state index contributed by atoms with van der Waals surface area (Å²) < 4.78 is 38.6. The lowest BCUT2D eigenvalue weighted by atomic mass is 10.2. The Morgan fingerprint density at radius 3 is 2.65 bits per heavy atom. The number of aryl methyl sites for hydroxylation is 1. The first-order valence-corrected chi connectivity index (χ1v) is 4.40. The van der Waals surface area contributed by atoms with Gasteiger partial charge in [0.2, 0.25) is 0 Å². The van der Waals surface area contributed by atoms with Crippen molar-refractivity contribution in [3.63, 3.8) is 0 Å². The second-order valence-electron chi connectivity index (χ2n) is 3.14. The number of aliphatic imine (C=N–C) groups is 1. The topological polar surface area (TPSA) is 68.2 Å². The van der Waals surface area contributed by atoms with Crippen LogP contribution < -0.4 is 11.1 Å². The summed E-state index contributed by atoms with van der Waals surface area (Å²) in [5.41, 5.74) is 4.44. The molecule has 9 heteroatoms. The SMILES string of the molecule is CN=C(N)NCc1cn(C)nc1C(F)(F)F.I. The number of nitrogens with one attached hydrogen (secondary N) is 1. The van der Waals surface area contributed by atoms with Crippen molar-refractivity contribution in [2.75, 3.05) is 7.05 Å². The highest BCUT2D eigenvalue weighted by Gasteiger charge is 2.36. The van der Waals surface area contributed by atoms with Crippen LogP contribution in [0.2, 0.25) is 0 Å². The second-order valence-corrected chi connectivity index (χ2v) is 3.14. The van der Waals surface area contributed by atoms with Gasteiger partial charge in [-0.15, -0.1) is 24.0 Å². The lowest BCUT2D eigenvalue weighted by Gasteiger charge is -2.07. The average molecular weight is 363 g/mol. The molecule has 0 aliphatic carbocycles. The van der Waals surface area contributed by atoms with E-state index >= 15 is 0 Å².